The van der Waals surface area contributed by atoms with Crippen molar-refractivity contribution in [2.24, 2.45) is 16.7 Å². The van der Waals surface area contributed by atoms with Gasteiger partial charge in [0.05, 0.1) is 30.3 Å². The number of fused-ring (bicyclic) bond motifs is 5. The van der Waals surface area contributed by atoms with E-state index in [4.69, 9.17) is 18.9 Å². The maximum absolute atomic E-state index is 14.0. The van der Waals surface area contributed by atoms with Crippen LogP contribution in [0, 0.1) is 16.7 Å². The molecule has 6 rings (SSSR count). The minimum atomic E-state index is -2.27. The summed E-state index contributed by atoms with van der Waals surface area (Å²) >= 11 is 1.20. The topological polar surface area (TPSA) is 218 Å². The van der Waals surface area contributed by atoms with Crippen LogP contribution in [0.3, 0.4) is 0 Å². The van der Waals surface area contributed by atoms with E-state index in [9.17, 15) is 44.7 Å². The first-order chi connectivity index (χ1) is 24.8. The number of carbonyl (C=O) groups excluding carboxylic acids is 4. The van der Waals surface area contributed by atoms with E-state index in [0.29, 0.717) is 4.88 Å². The van der Waals surface area contributed by atoms with E-state index < -0.39 is 107 Å². The molecule has 288 valence electrons. The first kappa shape index (κ1) is 39.0. The summed E-state index contributed by atoms with van der Waals surface area (Å²) in [7, 11) is 0. The third-order valence-electron chi connectivity index (χ3n) is 12.2. The lowest BCUT2D eigenvalue weighted by Crippen LogP contribution is -2.82. The Morgan fingerprint density at radius 1 is 1.00 bits per heavy atom. The molecule has 1 saturated heterocycles. The quantitative estimate of drug-likeness (QED) is 0.129. The molecule has 0 radical (unpaired) electrons. The van der Waals surface area contributed by atoms with Crippen LogP contribution in [0.4, 0.5) is 0 Å². The molecule has 3 aliphatic carbocycles. The van der Waals surface area contributed by atoms with Crippen LogP contribution in [-0.2, 0) is 33.3 Å². The first-order valence-corrected chi connectivity index (χ1v) is 18.4. The normalized spacial score (nSPS) is 36.9. The van der Waals surface area contributed by atoms with Crippen molar-refractivity contribution < 1.29 is 63.7 Å². The molecule has 12 atom stereocenters. The van der Waals surface area contributed by atoms with Crippen LogP contribution in [0.1, 0.15) is 75.7 Å². The number of amides is 1. The third kappa shape index (κ3) is 6.10. The molecule has 6 N–H and O–H groups in total. The molecule has 14 nitrogen and oxygen atoms in total. The van der Waals surface area contributed by atoms with Crippen LogP contribution >= 0.6 is 11.3 Å². The molecule has 15 heteroatoms. The van der Waals surface area contributed by atoms with Crippen molar-refractivity contribution in [1.29, 1.82) is 0 Å². The Labute approximate surface area is 310 Å². The van der Waals surface area contributed by atoms with Crippen molar-refractivity contribution in [2.75, 3.05) is 6.61 Å². The van der Waals surface area contributed by atoms with E-state index in [1.165, 1.54) is 44.2 Å². The van der Waals surface area contributed by atoms with Gasteiger partial charge in [-0.2, -0.15) is 0 Å². The molecule has 11 unspecified atom stereocenters. The summed E-state index contributed by atoms with van der Waals surface area (Å²) in [5.41, 5.74) is -6.83. The number of esters is 3. The summed E-state index contributed by atoms with van der Waals surface area (Å²) in [4.78, 5) is 53.2. The Bertz CT molecular complexity index is 1780. The zero-order valence-corrected chi connectivity index (χ0v) is 31.2. The second kappa shape index (κ2) is 13.9. The highest BCUT2D eigenvalue weighted by Gasteiger charge is 2.77. The van der Waals surface area contributed by atoms with Gasteiger partial charge in [-0.15, -0.1) is 11.3 Å². The number of rotatable bonds is 8. The van der Waals surface area contributed by atoms with Gasteiger partial charge in [0.15, 0.2) is 11.7 Å². The van der Waals surface area contributed by atoms with Crippen LogP contribution in [0.5, 0.6) is 0 Å². The highest BCUT2D eigenvalue weighted by Crippen LogP contribution is 2.65. The van der Waals surface area contributed by atoms with Crippen LogP contribution < -0.4 is 5.32 Å². The maximum Gasteiger partial charge on any atom is 0.338 e. The molecule has 2 aromatic rings. The lowest BCUT2D eigenvalue weighted by molar-refractivity contribution is -0.365. The fourth-order valence-electron chi connectivity index (χ4n) is 9.33. The fourth-order valence-corrected chi connectivity index (χ4v) is 10.1. The molecule has 53 heavy (non-hydrogen) atoms. The third-order valence-corrected chi connectivity index (χ3v) is 13.1. The van der Waals surface area contributed by atoms with Crippen molar-refractivity contribution >= 4 is 35.2 Å². The Hall–Kier alpha value is -3.70. The number of aliphatic hydroxyl groups excluding tert-OH is 4. The summed E-state index contributed by atoms with van der Waals surface area (Å²) < 4.78 is 24.1. The molecule has 1 amide bonds. The zero-order valence-electron chi connectivity index (χ0n) is 30.3. The lowest BCUT2D eigenvalue weighted by Gasteiger charge is -2.69. The van der Waals surface area contributed by atoms with Gasteiger partial charge in [0.2, 0.25) is 5.91 Å². The van der Waals surface area contributed by atoms with Crippen molar-refractivity contribution in [3.05, 3.63) is 69.4 Å². The van der Waals surface area contributed by atoms with Crippen molar-refractivity contribution in [1.82, 2.24) is 5.32 Å². The lowest BCUT2D eigenvalue weighted by atomic mass is 9.44. The minimum Gasteiger partial charge on any atom is -0.456 e. The standard InChI is InChI=1S/C38H47NO13S/c1-18-22(50-34(47)29(44)27(39-19(2)40)23-13-10-14-53-23)16-38(48)32(51-33(46)21-11-8-7-9-12-21)30-36(6,31(45)28(43)26(18)35(38,4)5)24(42)15-25-37(30,17-49-25)52-20(3)41/h7-14,22,24-25,27-32,42-45,48H,15-17H2,1-6H3,(H,39,40)/t22?,24?,25?,27?,28?,29?,30?,31?,32?,36-,37?,38?/m1/s1. The van der Waals surface area contributed by atoms with Gasteiger partial charge in [-0.05, 0) is 41.6 Å². The van der Waals surface area contributed by atoms with Gasteiger partial charge >= 0.3 is 17.9 Å². The summed E-state index contributed by atoms with van der Waals surface area (Å²) in [6.07, 6.45) is -11.5. The molecular weight excluding hydrogens is 710 g/mol. The highest BCUT2D eigenvalue weighted by atomic mass is 32.1. The average molecular weight is 758 g/mol. The Morgan fingerprint density at radius 2 is 1.68 bits per heavy atom. The summed E-state index contributed by atoms with van der Waals surface area (Å²) in [5, 5.41) is 65.2. The number of thiophene rings is 1. The van der Waals surface area contributed by atoms with Gasteiger partial charge in [0.25, 0.3) is 0 Å². The summed E-state index contributed by atoms with van der Waals surface area (Å²) in [5.74, 6) is -4.67. The van der Waals surface area contributed by atoms with Crippen LogP contribution in [0.15, 0.2) is 59.0 Å². The molecule has 1 aromatic heterocycles. The Balaban J connectivity index is 1.52. The van der Waals surface area contributed by atoms with E-state index in [2.05, 4.69) is 5.32 Å². The second-order valence-corrected chi connectivity index (χ2v) is 16.4. The van der Waals surface area contributed by atoms with Gasteiger partial charge < -0.3 is 49.8 Å². The van der Waals surface area contributed by atoms with Gasteiger partial charge in [0.1, 0.15) is 36.1 Å². The minimum absolute atomic E-state index is 0.0591. The molecule has 3 fully saturated rings. The van der Waals surface area contributed by atoms with Crippen LogP contribution in [0.2, 0.25) is 0 Å². The van der Waals surface area contributed by atoms with Crippen molar-refractivity contribution in [3.8, 4) is 0 Å². The number of hydrogen-bond acceptors (Lipinski definition) is 14. The van der Waals surface area contributed by atoms with Gasteiger partial charge in [-0.1, -0.05) is 45.0 Å². The molecule has 1 aliphatic heterocycles. The highest BCUT2D eigenvalue weighted by molar-refractivity contribution is 7.10. The number of benzene rings is 1. The summed E-state index contributed by atoms with van der Waals surface area (Å²) in [6.45, 7) is 8.42. The number of nitrogens with one attached hydrogen (secondary N) is 1. The van der Waals surface area contributed by atoms with Gasteiger partial charge in [-0.25, -0.2) is 9.59 Å². The molecule has 2 bridgehead atoms. The average Bonchev–Trinajstić information content (AvgIpc) is 3.63. The molecule has 2 heterocycles. The Morgan fingerprint density at radius 3 is 2.25 bits per heavy atom. The molecule has 0 spiro atoms. The number of carbonyl (C=O) groups is 4. The molecular formula is C38H47NO13S. The van der Waals surface area contributed by atoms with E-state index in [0.717, 1.165) is 0 Å². The van der Waals surface area contributed by atoms with E-state index in [-0.39, 0.29) is 29.7 Å². The number of hydrogen-bond donors (Lipinski definition) is 6. The number of aliphatic hydroxyl groups is 5. The SMILES string of the molecule is CC(=O)NC(c1cccs1)C(O)C(=O)OC1CC2(O)C(OC(=O)c3ccccc3)C3C4(OC(C)=O)COC4CC(O)[C@@]3(C)C(O)C(O)C(=C1C)C2(C)C. The number of ether oxygens (including phenoxy) is 4. The van der Waals surface area contributed by atoms with E-state index >= 15 is 0 Å². The molecule has 4 aliphatic rings. The van der Waals surface area contributed by atoms with E-state index in [1.807, 2.05) is 0 Å². The predicted octanol–water partition coefficient (Wildman–Crippen LogP) is 1.72. The summed E-state index contributed by atoms with van der Waals surface area (Å²) in [6, 6.07) is 10.1. The largest absolute Gasteiger partial charge is 0.456 e. The predicted molar refractivity (Wildman–Crippen MR) is 187 cm³/mol. The fraction of sp³-hybridized carbons (Fsp3) is 0.579. The van der Waals surface area contributed by atoms with Crippen LogP contribution in [-0.4, -0.2) is 110 Å². The first-order valence-electron chi connectivity index (χ1n) is 17.5. The van der Waals surface area contributed by atoms with Crippen molar-refractivity contribution in [3.63, 3.8) is 0 Å². The Kier molecular flexibility index (Phi) is 10.2. The molecule has 1 aromatic carbocycles. The van der Waals surface area contributed by atoms with E-state index in [1.54, 1.807) is 56.5 Å². The van der Waals surface area contributed by atoms with Gasteiger partial charge in [-0.3, -0.25) is 9.59 Å². The van der Waals surface area contributed by atoms with Gasteiger partial charge in [0, 0.05) is 42.4 Å². The smallest absolute Gasteiger partial charge is 0.338 e. The second-order valence-electron chi connectivity index (χ2n) is 15.4. The molecule has 2 saturated carbocycles. The monoisotopic (exact) mass is 757 g/mol. The maximum atomic E-state index is 14.0. The van der Waals surface area contributed by atoms with Crippen LogP contribution in [0.25, 0.3) is 0 Å². The van der Waals surface area contributed by atoms with Crippen molar-refractivity contribution in [2.45, 2.75) is 114 Å². The zero-order chi connectivity index (χ0) is 38.8.